The summed E-state index contributed by atoms with van der Waals surface area (Å²) in [7, 11) is 0. The minimum Gasteiger partial charge on any atom is -0.343 e. The fourth-order valence-electron chi connectivity index (χ4n) is 0.780. The standard InChI is InChI=1S/C8H17.C4H9.Ca.2H3O3PS/c1-3-5-7-8-6-4-2;1-3-4-2;;2*1-4(2,3)5/h1,3-8H2,2H3;1,3-4H2,2H3;;2*(H3,1,2,3,5)/q2*-1;+2;;. The molecule has 23 heavy (non-hydrogen) atoms. The summed E-state index contributed by atoms with van der Waals surface area (Å²) in [5, 5.41) is 0. The van der Waals surface area contributed by atoms with Crippen LogP contribution in [0.15, 0.2) is 0 Å². The van der Waals surface area contributed by atoms with Crippen LogP contribution in [0, 0.1) is 13.8 Å². The van der Waals surface area contributed by atoms with Crippen LogP contribution in [0.2, 0.25) is 0 Å². The minimum atomic E-state index is -3.81. The predicted molar refractivity (Wildman–Crippen MR) is 107 cm³/mol. The molecule has 6 nitrogen and oxygen atoms in total. The molecule has 0 amide bonds. The van der Waals surface area contributed by atoms with Gasteiger partial charge in [0.1, 0.15) is 0 Å². The Morgan fingerprint density at radius 3 is 1.09 bits per heavy atom. The summed E-state index contributed by atoms with van der Waals surface area (Å²) in [5.74, 6) is 0. The Labute approximate surface area is 181 Å². The van der Waals surface area contributed by atoms with E-state index in [9.17, 15) is 0 Å². The molecule has 0 heterocycles. The SMILES string of the molecule is OP(O)(O)=S.OP(O)(O)=S.[CH2-]CCC.[CH2-]CCCCCCC.[Ca+2]. The van der Waals surface area contributed by atoms with E-state index in [1.807, 2.05) is 0 Å². The van der Waals surface area contributed by atoms with Crippen molar-refractivity contribution >= 4 is 74.8 Å². The van der Waals surface area contributed by atoms with Gasteiger partial charge in [0, 0.05) is 0 Å². The summed E-state index contributed by atoms with van der Waals surface area (Å²) in [4.78, 5) is 45.3. The smallest absolute Gasteiger partial charge is 0.343 e. The summed E-state index contributed by atoms with van der Waals surface area (Å²) in [6.07, 6.45) is 10.3. The van der Waals surface area contributed by atoms with Crippen LogP contribution in [0.1, 0.15) is 65.2 Å². The third-order valence-electron chi connectivity index (χ3n) is 1.71. The summed E-state index contributed by atoms with van der Waals surface area (Å²) >= 11 is 7.21. The molecule has 0 aliphatic rings. The van der Waals surface area contributed by atoms with Crippen LogP contribution < -0.4 is 0 Å². The van der Waals surface area contributed by atoms with Crippen LogP contribution in [0.25, 0.3) is 0 Å². The quantitative estimate of drug-likeness (QED) is 0.162. The van der Waals surface area contributed by atoms with Crippen molar-refractivity contribution in [3.63, 3.8) is 0 Å². The maximum atomic E-state index is 7.56. The average molecular weight is 439 g/mol. The molecule has 11 heteroatoms. The van der Waals surface area contributed by atoms with E-state index in [4.69, 9.17) is 29.4 Å². The molecule has 0 unspecified atom stereocenters. The van der Waals surface area contributed by atoms with E-state index >= 15 is 0 Å². The predicted octanol–water partition coefficient (Wildman–Crippen LogP) is 2.80. The molecule has 0 aromatic heterocycles. The van der Waals surface area contributed by atoms with E-state index in [-0.39, 0.29) is 37.7 Å². The van der Waals surface area contributed by atoms with Gasteiger partial charge in [0.2, 0.25) is 0 Å². The van der Waals surface area contributed by atoms with Crippen LogP contribution in [0.5, 0.6) is 0 Å². The van der Waals surface area contributed by atoms with E-state index in [0.717, 1.165) is 12.8 Å². The number of hydrogen-bond donors (Lipinski definition) is 6. The Hall–Kier alpha value is 2.32. The van der Waals surface area contributed by atoms with Crippen molar-refractivity contribution in [3.05, 3.63) is 13.8 Å². The summed E-state index contributed by atoms with van der Waals surface area (Å²) < 4.78 is 0. The molecule has 0 aliphatic heterocycles. The molecule has 0 aliphatic carbocycles. The monoisotopic (exact) mass is 438 g/mol. The van der Waals surface area contributed by atoms with Crippen molar-refractivity contribution in [2.75, 3.05) is 0 Å². The van der Waals surface area contributed by atoms with Crippen molar-refractivity contribution in [1.29, 1.82) is 0 Å². The topological polar surface area (TPSA) is 121 Å². The molecule has 0 radical (unpaired) electrons. The van der Waals surface area contributed by atoms with E-state index in [1.165, 1.54) is 38.5 Å². The third kappa shape index (κ3) is 175. The summed E-state index contributed by atoms with van der Waals surface area (Å²) in [6, 6.07) is 0. The molecule has 0 fully saturated rings. The fourth-order valence-corrected chi connectivity index (χ4v) is 0.780. The minimum absolute atomic E-state index is 0. The fraction of sp³-hybridized carbons (Fsp3) is 0.833. The second kappa shape index (κ2) is 26.5. The molecule has 0 aromatic carbocycles. The number of unbranched alkanes of at least 4 members (excludes halogenated alkanes) is 6. The molecule has 0 bridgehead atoms. The van der Waals surface area contributed by atoms with Gasteiger partial charge < -0.3 is 43.2 Å². The largest absolute Gasteiger partial charge is 2.00 e. The molecule has 0 rings (SSSR count). The zero-order valence-corrected chi connectivity index (χ0v) is 19.8. The molecular weight excluding hydrogens is 406 g/mol. The van der Waals surface area contributed by atoms with Crippen molar-refractivity contribution in [2.45, 2.75) is 65.2 Å². The van der Waals surface area contributed by atoms with Gasteiger partial charge in [0.15, 0.2) is 0 Å². The molecule has 0 spiro atoms. The molecular formula is C12H32CaO6P2S2. The first-order valence-corrected chi connectivity index (χ1v) is 12.3. The average Bonchev–Trinajstić information content (AvgIpc) is 2.31. The Kier molecular flexibility index (Phi) is 41.9. The zero-order chi connectivity index (χ0) is 18.7. The summed E-state index contributed by atoms with van der Waals surface area (Å²) in [6.45, 7) is 4.13. The van der Waals surface area contributed by atoms with E-state index in [2.05, 4.69) is 51.3 Å². The van der Waals surface area contributed by atoms with Gasteiger partial charge in [-0.25, -0.2) is 0 Å². The number of rotatable bonds is 6. The van der Waals surface area contributed by atoms with Gasteiger partial charge in [0.05, 0.1) is 0 Å². The first kappa shape index (κ1) is 36.3. The van der Waals surface area contributed by atoms with Gasteiger partial charge in [-0.15, -0.1) is 0 Å². The normalized spacial score (nSPS) is 9.83. The van der Waals surface area contributed by atoms with Gasteiger partial charge in [-0.05, 0) is 23.6 Å². The van der Waals surface area contributed by atoms with Gasteiger partial charge in [-0.3, -0.25) is 0 Å². The Morgan fingerprint density at radius 2 is 0.913 bits per heavy atom. The molecule has 0 aromatic rings. The Bertz CT molecular complexity index is 242. The molecule has 0 atom stereocenters. The van der Waals surface area contributed by atoms with Crippen LogP contribution in [-0.4, -0.2) is 67.1 Å². The molecule has 0 saturated heterocycles. The van der Waals surface area contributed by atoms with Crippen LogP contribution >= 0.6 is 13.4 Å². The number of hydrogen-bond acceptors (Lipinski definition) is 2. The van der Waals surface area contributed by atoms with E-state index in [1.54, 1.807) is 0 Å². The third-order valence-corrected chi connectivity index (χ3v) is 1.71. The summed E-state index contributed by atoms with van der Waals surface area (Å²) in [5.41, 5.74) is 0. The first-order valence-electron chi connectivity index (χ1n) is 6.98. The van der Waals surface area contributed by atoms with Crippen LogP contribution in [-0.2, 0) is 23.6 Å². The van der Waals surface area contributed by atoms with Crippen molar-refractivity contribution in [2.24, 2.45) is 0 Å². The van der Waals surface area contributed by atoms with Gasteiger partial charge >= 0.3 is 51.2 Å². The van der Waals surface area contributed by atoms with Gasteiger partial charge in [-0.1, -0.05) is 52.4 Å². The van der Waals surface area contributed by atoms with Crippen molar-refractivity contribution in [1.82, 2.24) is 0 Å². The first-order chi connectivity index (χ1) is 9.83. The van der Waals surface area contributed by atoms with Crippen molar-refractivity contribution in [3.8, 4) is 0 Å². The molecule has 140 valence electrons. The molecule has 6 N–H and O–H groups in total. The van der Waals surface area contributed by atoms with Crippen molar-refractivity contribution < 1.29 is 29.4 Å². The zero-order valence-electron chi connectivity index (χ0n) is 14.2. The second-order valence-electron chi connectivity index (χ2n) is 4.15. The Morgan fingerprint density at radius 1 is 0.652 bits per heavy atom. The van der Waals surface area contributed by atoms with Crippen LogP contribution in [0.3, 0.4) is 0 Å². The van der Waals surface area contributed by atoms with E-state index < -0.39 is 13.4 Å². The van der Waals surface area contributed by atoms with Gasteiger partial charge in [0.25, 0.3) is 0 Å². The maximum absolute atomic E-state index is 7.56. The molecule has 0 saturated carbocycles. The van der Waals surface area contributed by atoms with Gasteiger partial charge in [-0.2, -0.15) is 12.8 Å². The second-order valence-corrected chi connectivity index (χ2v) is 9.14. The van der Waals surface area contributed by atoms with Crippen LogP contribution in [0.4, 0.5) is 0 Å². The Balaban J connectivity index is -0.0000000641. The van der Waals surface area contributed by atoms with E-state index in [0.29, 0.717) is 0 Å². The maximum Gasteiger partial charge on any atom is 2.00 e.